The number of carboxylic acid groups (broad SMARTS) is 1. The topological polar surface area (TPSA) is 95.5 Å². The number of fused-ring (bicyclic) bond motifs is 1. The molecule has 0 saturated heterocycles. The SMILES string of the molecule is COc1ccc(-c2n[nH]c3c2CCN(C(=O)C2(C)CC2)CC3)cc1.O=C(O)C(F)(F)F. The Morgan fingerprint density at radius 3 is 2.26 bits per heavy atom. The second-order valence-corrected chi connectivity index (χ2v) is 7.91. The van der Waals surface area contributed by atoms with Crippen LogP contribution in [-0.4, -0.2) is 58.5 Å². The van der Waals surface area contributed by atoms with E-state index in [0.29, 0.717) is 5.91 Å². The highest BCUT2D eigenvalue weighted by Crippen LogP contribution is 2.46. The van der Waals surface area contributed by atoms with E-state index >= 15 is 0 Å². The Hall–Kier alpha value is -3.04. The van der Waals surface area contributed by atoms with Crippen LogP contribution in [0.2, 0.25) is 0 Å². The number of nitrogens with zero attached hydrogens (tertiary/aromatic N) is 2. The number of hydrogen-bond acceptors (Lipinski definition) is 4. The number of nitrogens with one attached hydrogen (secondary N) is 1. The Morgan fingerprint density at radius 1 is 1.16 bits per heavy atom. The zero-order valence-corrected chi connectivity index (χ0v) is 17.3. The molecule has 1 amide bonds. The van der Waals surface area contributed by atoms with Gasteiger partial charge in [0.15, 0.2) is 0 Å². The Labute approximate surface area is 177 Å². The predicted molar refractivity (Wildman–Crippen MR) is 106 cm³/mol. The monoisotopic (exact) mass is 439 g/mol. The quantitative estimate of drug-likeness (QED) is 0.764. The molecule has 2 aliphatic rings. The number of aromatic amines is 1. The first-order chi connectivity index (χ1) is 14.5. The van der Waals surface area contributed by atoms with Gasteiger partial charge in [0.2, 0.25) is 5.91 Å². The van der Waals surface area contributed by atoms with E-state index in [1.807, 2.05) is 29.2 Å². The van der Waals surface area contributed by atoms with Crippen molar-refractivity contribution < 1.29 is 32.6 Å². The number of halogens is 3. The molecule has 0 atom stereocenters. The van der Waals surface area contributed by atoms with Gasteiger partial charge in [0.25, 0.3) is 0 Å². The summed E-state index contributed by atoms with van der Waals surface area (Å²) in [5, 5.41) is 14.8. The fourth-order valence-electron chi connectivity index (χ4n) is 3.46. The number of aromatic nitrogens is 2. The zero-order valence-electron chi connectivity index (χ0n) is 17.3. The number of benzene rings is 1. The van der Waals surface area contributed by atoms with E-state index in [9.17, 15) is 18.0 Å². The van der Waals surface area contributed by atoms with Crippen LogP contribution in [-0.2, 0) is 22.4 Å². The first-order valence-electron chi connectivity index (χ1n) is 9.85. The largest absolute Gasteiger partial charge is 0.497 e. The maximum Gasteiger partial charge on any atom is 0.490 e. The van der Waals surface area contributed by atoms with E-state index in [-0.39, 0.29) is 5.41 Å². The summed E-state index contributed by atoms with van der Waals surface area (Å²) in [6.07, 6.45) is -1.31. The Morgan fingerprint density at radius 2 is 1.74 bits per heavy atom. The van der Waals surface area contributed by atoms with E-state index in [1.54, 1.807) is 7.11 Å². The molecule has 7 nitrogen and oxygen atoms in total. The molecule has 1 aliphatic carbocycles. The molecule has 2 heterocycles. The molecule has 10 heteroatoms. The number of hydrogen-bond donors (Lipinski definition) is 2. The van der Waals surface area contributed by atoms with Crippen molar-refractivity contribution in [1.82, 2.24) is 15.1 Å². The van der Waals surface area contributed by atoms with Crippen LogP contribution in [0.3, 0.4) is 0 Å². The number of rotatable bonds is 3. The molecule has 1 aromatic carbocycles. The van der Waals surface area contributed by atoms with Gasteiger partial charge in [-0.3, -0.25) is 9.89 Å². The number of amides is 1. The van der Waals surface area contributed by atoms with E-state index in [2.05, 4.69) is 17.1 Å². The lowest BCUT2D eigenvalue weighted by molar-refractivity contribution is -0.192. The van der Waals surface area contributed by atoms with Crippen LogP contribution in [0.5, 0.6) is 5.75 Å². The number of carboxylic acids is 1. The number of H-pyrrole nitrogens is 1. The molecular weight excluding hydrogens is 415 g/mol. The summed E-state index contributed by atoms with van der Waals surface area (Å²) in [4.78, 5) is 23.6. The van der Waals surface area contributed by atoms with Gasteiger partial charge in [0, 0.05) is 41.7 Å². The lowest BCUT2D eigenvalue weighted by Crippen LogP contribution is -2.38. The van der Waals surface area contributed by atoms with Gasteiger partial charge in [0.1, 0.15) is 5.75 Å². The first kappa shape index (κ1) is 22.6. The molecule has 1 saturated carbocycles. The van der Waals surface area contributed by atoms with Gasteiger partial charge in [-0.25, -0.2) is 4.79 Å². The Bertz CT molecular complexity index is 950. The number of ether oxygens (including phenoxy) is 1. The third-order valence-electron chi connectivity index (χ3n) is 5.63. The minimum absolute atomic E-state index is 0.0882. The van der Waals surface area contributed by atoms with Crippen LogP contribution in [0.4, 0.5) is 13.2 Å². The second kappa shape index (κ2) is 8.60. The number of methoxy groups -OCH3 is 1. The van der Waals surface area contributed by atoms with E-state index < -0.39 is 12.1 Å². The van der Waals surface area contributed by atoms with Crippen molar-refractivity contribution in [3.8, 4) is 17.0 Å². The van der Waals surface area contributed by atoms with Crippen LogP contribution in [0, 0.1) is 5.41 Å². The summed E-state index contributed by atoms with van der Waals surface area (Å²) in [6, 6.07) is 7.98. The van der Waals surface area contributed by atoms with Crippen molar-refractivity contribution in [3.63, 3.8) is 0 Å². The molecule has 0 unspecified atom stereocenters. The van der Waals surface area contributed by atoms with Crippen LogP contribution in [0.25, 0.3) is 11.3 Å². The maximum absolute atomic E-state index is 12.6. The highest BCUT2D eigenvalue weighted by Gasteiger charge is 2.47. The van der Waals surface area contributed by atoms with Gasteiger partial charge >= 0.3 is 12.1 Å². The molecule has 0 spiro atoms. The molecule has 1 aromatic heterocycles. The molecule has 168 valence electrons. The number of carbonyl (C=O) groups is 2. The summed E-state index contributed by atoms with van der Waals surface area (Å²) >= 11 is 0. The van der Waals surface area contributed by atoms with Gasteiger partial charge in [-0.05, 0) is 43.5 Å². The van der Waals surface area contributed by atoms with Gasteiger partial charge in [-0.1, -0.05) is 6.92 Å². The molecule has 4 rings (SSSR count). The predicted octanol–water partition coefficient (Wildman–Crippen LogP) is 3.45. The first-order valence-corrected chi connectivity index (χ1v) is 9.85. The molecule has 0 bridgehead atoms. The summed E-state index contributed by atoms with van der Waals surface area (Å²) in [6.45, 7) is 3.65. The minimum Gasteiger partial charge on any atom is -0.497 e. The van der Waals surface area contributed by atoms with Crippen LogP contribution in [0.15, 0.2) is 24.3 Å². The van der Waals surface area contributed by atoms with Crippen molar-refractivity contribution in [3.05, 3.63) is 35.5 Å². The molecule has 31 heavy (non-hydrogen) atoms. The third kappa shape index (κ3) is 5.18. The smallest absolute Gasteiger partial charge is 0.490 e. The van der Waals surface area contributed by atoms with Gasteiger partial charge in [0.05, 0.1) is 12.8 Å². The van der Waals surface area contributed by atoms with Crippen molar-refractivity contribution in [1.29, 1.82) is 0 Å². The molecule has 1 aliphatic heterocycles. The molecule has 2 aromatic rings. The van der Waals surface area contributed by atoms with Crippen molar-refractivity contribution >= 4 is 11.9 Å². The van der Waals surface area contributed by atoms with Gasteiger partial charge in [-0.2, -0.15) is 18.3 Å². The third-order valence-corrected chi connectivity index (χ3v) is 5.63. The maximum atomic E-state index is 12.6. The minimum atomic E-state index is -5.08. The van der Waals surface area contributed by atoms with Crippen molar-refractivity contribution in [2.75, 3.05) is 20.2 Å². The van der Waals surface area contributed by atoms with Crippen LogP contribution in [0.1, 0.15) is 31.0 Å². The van der Waals surface area contributed by atoms with Gasteiger partial charge in [-0.15, -0.1) is 0 Å². The lowest BCUT2D eigenvalue weighted by Gasteiger charge is -2.23. The second-order valence-electron chi connectivity index (χ2n) is 7.91. The average Bonchev–Trinajstić information content (AvgIpc) is 3.42. The van der Waals surface area contributed by atoms with Crippen LogP contribution < -0.4 is 4.74 Å². The fourth-order valence-corrected chi connectivity index (χ4v) is 3.46. The summed E-state index contributed by atoms with van der Waals surface area (Å²) in [7, 11) is 1.67. The molecule has 0 radical (unpaired) electrons. The summed E-state index contributed by atoms with van der Waals surface area (Å²) in [5.41, 5.74) is 4.41. The zero-order chi connectivity index (χ0) is 22.8. The van der Waals surface area contributed by atoms with Crippen LogP contribution >= 0.6 is 0 Å². The fraction of sp³-hybridized carbons (Fsp3) is 0.476. The summed E-state index contributed by atoms with van der Waals surface area (Å²) < 4.78 is 37.0. The average molecular weight is 439 g/mol. The highest BCUT2D eigenvalue weighted by atomic mass is 19.4. The summed E-state index contributed by atoms with van der Waals surface area (Å²) in [5.74, 6) is -1.59. The Balaban J connectivity index is 0.000000339. The van der Waals surface area contributed by atoms with Crippen molar-refractivity contribution in [2.45, 2.75) is 38.8 Å². The number of aliphatic carboxylic acids is 1. The normalized spacial score (nSPS) is 17.0. The standard InChI is InChI=1S/C19H23N3O2.C2HF3O2/c1-19(9-10-19)18(23)22-11-7-15-16(8-12-22)20-21-17(15)13-3-5-14(24-2)6-4-13;3-2(4,5)1(6)7/h3-6H,7-12H2,1-2H3,(H,20,21);(H,6,7). The Kier molecular flexibility index (Phi) is 6.28. The van der Waals surface area contributed by atoms with E-state index in [1.165, 1.54) is 5.56 Å². The van der Waals surface area contributed by atoms with Crippen molar-refractivity contribution in [2.24, 2.45) is 5.41 Å². The van der Waals surface area contributed by atoms with E-state index in [0.717, 1.165) is 61.5 Å². The number of alkyl halides is 3. The van der Waals surface area contributed by atoms with E-state index in [4.69, 9.17) is 14.6 Å². The molecule has 2 N–H and O–H groups in total. The highest BCUT2D eigenvalue weighted by molar-refractivity contribution is 5.85. The molecular formula is C21H24F3N3O4. The molecule has 1 fully saturated rings. The number of carbonyl (C=O) groups excluding carboxylic acids is 1. The lowest BCUT2D eigenvalue weighted by atomic mass is 10.0. The van der Waals surface area contributed by atoms with Gasteiger partial charge < -0.3 is 14.7 Å².